The van der Waals surface area contributed by atoms with E-state index in [0.29, 0.717) is 27.8 Å². The molecule has 0 radical (unpaired) electrons. The Morgan fingerprint density at radius 3 is 2.26 bits per heavy atom. The van der Waals surface area contributed by atoms with Crippen LogP contribution in [0.3, 0.4) is 0 Å². The minimum Gasteiger partial charge on any atom is -0.481 e. The average Bonchev–Trinajstić information content (AvgIpc) is 3.11. The van der Waals surface area contributed by atoms with Crippen LogP contribution in [0, 0.1) is 0 Å². The van der Waals surface area contributed by atoms with E-state index >= 15 is 0 Å². The fraction of sp³-hybridized carbons (Fsp3) is 0.375. The summed E-state index contributed by atoms with van der Waals surface area (Å²) in [5, 5.41) is 0.658. The van der Waals surface area contributed by atoms with Gasteiger partial charge in [-0.1, -0.05) is 12.2 Å². The van der Waals surface area contributed by atoms with Gasteiger partial charge in [0.05, 0.1) is 5.56 Å². The Bertz CT molecular complexity index is 1150. The average molecular weight is 426 g/mol. The largest absolute Gasteiger partial charge is 0.481 e. The molecule has 0 aliphatic carbocycles. The van der Waals surface area contributed by atoms with Crippen LogP contribution in [0.4, 0.5) is 0 Å². The molecule has 0 bridgehead atoms. The van der Waals surface area contributed by atoms with E-state index in [1.54, 1.807) is 71.9 Å². The van der Waals surface area contributed by atoms with Crippen molar-refractivity contribution in [3.05, 3.63) is 63.5 Å². The van der Waals surface area contributed by atoms with Crippen molar-refractivity contribution in [1.29, 1.82) is 0 Å². The molecule has 31 heavy (non-hydrogen) atoms. The molecule has 0 N–H and O–H groups in total. The summed E-state index contributed by atoms with van der Waals surface area (Å²) >= 11 is 0. The lowest BCUT2D eigenvalue weighted by Gasteiger charge is -2.33. The summed E-state index contributed by atoms with van der Waals surface area (Å²) in [6.45, 7) is 10.1. The molecule has 1 aromatic heterocycles. The second kappa shape index (κ2) is 8.41. The van der Waals surface area contributed by atoms with Gasteiger partial charge in [-0.3, -0.25) is 0 Å². The van der Waals surface area contributed by atoms with Crippen LogP contribution < -0.4 is 10.4 Å². The predicted octanol–water partition coefficient (Wildman–Crippen LogP) is 4.39. The first-order chi connectivity index (χ1) is 14.6. The molecule has 7 nitrogen and oxygen atoms in total. The summed E-state index contributed by atoms with van der Waals surface area (Å²) in [5.74, 6) is -0.649. The standard InChI is InChI=1S/C24H26O7/c1-7-13(3)22(26)30-20-18-16(11-9-15-10-12-17(25)29-19(15)18)28-21(20)24(5,6)31-23(27)14(4)8-2/h7-12,20-21H,1-6H3/b13-7+,14-8+/t20-,21-/m1/s1. The summed E-state index contributed by atoms with van der Waals surface area (Å²) in [6, 6.07) is 6.42. The second-order valence-electron chi connectivity index (χ2n) is 7.95. The van der Waals surface area contributed by atoms with E-state index < -0.39 is 35.4 Å². The summed E-state index contributed by atoms with van der Waals surface area (Å²) in [4.78, 5) is 37.0. The van der Waals surface area contributed by atoms with Crippen LogP contribution in [0.2, 0.25) is 0 Å². The fourth-order valence-corrected chi connectivity index (χ4v) is 3.31. The van der Waals surface area contributed by atoms with Gasteiger partial charge in [0.2, 0.25) is 0 Å². The number of carbonyl (C=O) groups is 2. The van der Waals surface area contributed by atoms with Crippen molar-refractivity contribution in [2.45, 2.75) is 59.4 Å². The van der Waals surface area contributed by atoms with Crippen molar-refractivity contribution < 1.29 is 28.2 Å². The van der Waals surface area contributed by atoms with Crippen molar-refractivity contribution in [2.75, 3.05) is 0 Å². The van der Waals surface area contributed by atoms with Gasteiger partial charge >= 0.3 is 17.6 Å². The maximum atomic E-state index is 12.6. The number of esters is 2. The third-order valence-electron chi connectivity index (χ3n) is 5.39. The molecule has 1 aliphatic heterocycles. The Hall–Kier alpha value is -3.35. The van der Waals surface area contributed by atoms with Crippen LogP contribution in [0.15, 0.2) is 56.8 Å². The highest BCUT2D eigenvalue weighted by Gasteiger charge is 2.50. The van der Waals surface area contributed by atoms with Gasteiger partial charge in [0.25, 0.3) is 0 Å². The topological polar surface area (TPSA) is 92.0 Å². The number of benzene rings is 1. The highest BCUT2D eigenvalue weighted by molar-refractivity contribution is 5.89. The Morgan fingerprint density at radius 2 is 1.61 bits per heavy atom. The van der Waals surface area contributed by atoms with Gasteiger partial charge < -0.3 is 18.6 Å². The highest BCUT2D eigenvalue weighted by Crippen LogP contribution is 2.47. The van der Waals surface area contributed by atoms with Crippen molar-refractivity contribution in [1.82, 2.24) is 0 Å². The summed E-state index contributed by atoms with van der Waals surface area (Å²) in [6.07, 6.45) is 1.47. The van der Waals surface area contributed by atoms with Crippen molar-refractivity contribution >= 4 is 22.9 Å². The van der Waals surface area contributed by atoms with E-state index in [1.807, 2.05) is 0 Å². The van der Waals surface area contributed by atoms with E-state index in [1.165, 1.54) is 6.07 Å². The first-order valence-corrected chi connectivity index (χ1v) is 10.0. The van der Waals surface area contributed by atoms with Crippen LogP contribution in [0.5, 0.6) is 5.75 Å². The third kappa shape index (κ3) is 4.26. The van der Waals surface area contributed by atoms with Gasteiger partial charge in [0, 0.05) is 22.6 Å². The second-order valence-corrected chi connectivity index (χ2v) is 7.95. The van der Waals surface area contributed by atoms with E-state index in [-0.39, 0.29) is 5.58 Å². The van der Waals surface area contributed by atoms with E-state index in [4.69, 9.17) is 18.6 Å². The number of allylic oxidation sites excluding steroid dienone is 2. The van der Waals surface area contributed by atoms with Gasteiger partial charge in [-0.05, 0) is 59.7 Å². The molecule has 0 saturated carbocycles. The molecule has 2 aromatic rings. The van der Waals surface area contributed by atoms with Crippen molar-refractivity contribution in [2.24, 2.45) is 0 Å². The lowest BCUT2D eigenvalue weighted by Crippen LogP contribution is -2.46. The Labute approximate surface area is 180 Å². The van der Waals surface area contributed by atoms with Gasteiger partial charge in [0.15, 0.2) is 12.2 Å². The maximum absolute atomic E-state index is 12.6. The molecule has 2 atom stereocenters. The number of carbonyl (C=O) groups excluding carboxylic acids is 2. The first-order valence-electron chi connectivity index (χ1n) is 10.0. The van der Waals surface area contributed by atoms with Crippen LogP contribution >= 0.6 is 0 Å². The number of rotatable bonds is 5. The molecule has 3 rings (SSSR count). The van der Waals surface area contributed by atoms with Gasteiger partial charge in [-0.25, -0.2) is 14.4 Å². The molecule has 7 heteroatoms. The molecule has 0 fully saturated rings. The molecule has 164 valence electrons. The number of hydrogen-bond acceptors (Lipinski definition) is 7. The molecule has 0 unspecified atom stereocenters. The summed E-state index contributed by atoms with van der Waals surface area (Å²) in [7, 11) is 0. The fourth-order valence-electron chi connectivity index (χ4n) is 3.31. The molecule has 2 heterocycles. The van der Waals surface area contributed by atoms with Crippen molar-refractivity contribution in [3.63, 3.8) is 0 Å². The number of hydrogen-bond donors (Lipinski definition) is 0. The molecule has 1 aromatic carbocycles. The molecule has 0 saturated heterocycles. The van der Waals surface area contributed by atoms with Crippen LogP contribution in [0.25, 0.3) is 11.0 Å². The first kappa shape index (κ1) is 22.3. The minimum absolute atomic E-state index is 0.273. The summed E-state index contributed by atoms with van der Waals surface area (Å²) < 4.78 is 23.1. The summed E-state index contributed by atoms with van der Waals surface area (Å²) in [5.41, 5.74) is -0.143. The van der Waals surface area contributed by atoms with E-state index in [9.17, 15) is 14.4 Å². The quantitative estimate of drug-likeness (QED) is 0.398. The van der Waals surface area contributed by atoms with E-state index in [2.05, 4.69) is 0 Å². The monoisotopic (exact) mass is 426 g/mol. The number of ether oxygens (including phenoxy) is 3. The van der Waals surface area contributed by atoms with Gasteiger partial charge in [-0.15, -0.1) is 0 Å². The molecule has 0 amide bonds. The molecular formula is C24H26O7. The van der Waals surface area contributed by atoms with Gasteiger partial charge in [-0.2, -0.15) is 0 Å². The zero-order chi connectivity index (χ0) is 22.9. The molecule has 0 spiro atoms. The van der Waals surface area contributed by atoms with Crippen molar-refractivity contribution in [3.8, 4) is 5.75 Å². The minimum atomic E-state index is -1.17. The van der Waals surface area contributed by atoms with Crippen LogP contribution in [-0.4, -0.2) is 23.6 Å². The SMILES string of the molecule is C/C=C(\C)C(=O)O[C@@H]1c2c(ccc3ccc(=O)oc23)O[C@H]1C(C)(C)OC(=O)/C(C)=C/C. The third-order valence-corrected chi connectivity index (χ3v) is 5.39. The molecule has 1 aliphatic rings. The van der Waals surface area contributed by atoms with Crippen LogP contribution in [0.1, 0.15) is 53.2 Å². The zero-order valence-electron chi connectivity index (χ0n) is 18.5. The zero-order valence-corrected chi connectivity index (χ0v) is 18.5. The normalized spacial score (nSPS) is 19.0. The Morgan fingerprint density at radius 1 is 1.00 bits per heavy atom. The maximum Gasteiger partial charge on any atom is 0.336 e. The lowest BCUT2D eigenvalue weighted by atomic mass is 9.93. The highest BCUT2D eigenvalue weighted by atomic mass is 16.6. The van der Waals surface area contributed by atoms with E-state index in [0.717, 1.165) is 0 Å². The van der Waals surface area contributed by atoms with Crippen LogP contribution in [-0.2, 0) is 19.1 Å². The lowest BCUT2D eigenvalue weighted by molar-refractivity contribution is -0.172. The van der Waals surface area contributed by atoms with Gasteiger partial charge in [0.1, 0.15) is 16.9 Å². The Kier molecular flexibility index (Phi) is 6.06. The number of fused-ring (bicyclic) bond motifs is 3. The smallest absolute Gasteiger partial charge is 0.336 e. The molecular weight excluding hydrogens is 400 g/mol. The predicted molar refractivity (Wildman–Crippen MR) is 115 cm³/mol. The Balaban J connectivity index is 2.11.